The van der Waals surface area contributed by atoms with E-state index in [2.05, 4.69) is 47.2 Å². The highest BCUT2D eigenvalue weighted by molar-refractivity contribution is 5.84. The molecule has 10 heteroatoms. The third-order valence-corrected chi connectivity index (χ3v) is 9.53. The molecule has 2 aromatic carbocycles. The Hall–Kier alpha value is -3.50. The quantitative estimate of drug-likeness (QED) is 0.327. The van der Waals surface area contributed by atoms with Gasteiger partial charge in [-0.15, -0.1) is 0 Å². The van der Waals surface area contributed by atoms with Crippen molar-refractivity contribution in [1.82, 2.24) is 10.2 Å². The molecule has 5 atom stereocenters. The number of piperazine rings is 1. The fourth-order valence-electron chi connectivity index (χ4n) is 7.12. The summed E-state index contributed by atoms with van der Waals surface area (Å²) in [4.78, 5) is 41.8. The Kier molecular flexibility index (Phi) is 8.23. The molecule has 2 heterocycles. The van der Waals surface area contributed by atoms with E-state index in [1.165, 1.54) is 35.0 Å². The predicted molar refractivity (Wildman–Crippen MR) is 153 cm³/mol. The van der Waals surface area contributed by atoms with Crippen molar-refractivity contribution < 1.29 is 24.7 Å². The topological polar surface area (TPSA) is 136 Å². The molecule has 0 saturated carbocycles. The van der Waals surface area contributed by atoms with E-state index in [0.717, 1.165) is 26.2 Å². The van der Waals surface area contributed by atoms with Crippen LogP contribution in [0.1, 0.15) is 49.8 Å². The van der Waals surface area contributed by atoms with E-state index >= 15 is 0 Å². The number of benzene rings is 2. The van der Waals surface area contributed by atoms with Crippen LogP contribution < -0.4 is 10.2 Å². The fourth-order valence-corrected chi connectivity index (χ4v) is 7.12. The standard InChI is InChI=1S/C30H40N4O6/c1-19-8-6-9-20(2)25(19)33-16-14-32(15-17-33)13-12-30(28(37)38)22(4)31-21(3)29(5,27(35)36)26(30)23-10-7-11-24(18-23)34(39)40/h6-11,18,21-22,26,31H,12-17H2,1-5H3,(H,35,36)(H,37,38). The average molecular weight is 553 g/mol. The van der Waals surface area contributed by atoms with E-state index in [4.69, 9.17) is 0 Å². The van der Waals surface area contributed by atoms with Crippen molar-refractivity contribution in [1.29, 1.82) is 0 Å². The minimum absolute atomic E-state index is 0.189. The van der Waals surface area contributed by atoms with Gasteiger partial charge in [0.15, 0.2) is 0 Å². The fraction of sp³-hybridized carbons (Fsp3) is 0.533. The van der Waals surface area contributed by atoms with E-state index in [0.29, 0.717) is 12.1 Å². The zero-order valence-corrected chi connectivity index (χ0v) is 23.9. The van der Waals surface area contributed by atoms with Crippen LogP contribution in [-0.4, -0.2) is 76.8 Å². The number of nitro groups is 1. The number of non-ortho nitro benzene ring substituents is 1. The van der Waals surface area contributed by atoms with Gasteiger partial charge in [0.25, 0.3) is 5.69 Å². The summed E-state index contributed by atoms with van der Waals surface area (Å²) in [5, 5.41) is 36.2. The third kappa shape index (κ3) is 4.94. The Labute approximate surface area is 235 Å². The number of aliphatic carboxylic acids is 2. The molecule has 5 unspecified atom stereocenters. The number of nitrogens with zero attached hydrogens (tertiary/aromatic N) is 3. The highest BCUT2D eigenvalue weighted by Gasteiger charge is 2.65. The van der Waals surface area contributed by atoms with Crippen LogP contribution in [0, 0.1) is 34.8 Å². The van der Waals surface area contributed by atoms with Gasteiger partial charge < -0.3 is 20.4 Å². The van der Waals surface area contributed by atoms with E-state index < -0.39 is 45.7 Å². The summed E-state index contributed by atoms with van der Waals surface area (Å²) in [6, 6.07) is 10.9. The first kappa shape index (κ1) is 29.5. The smallest absolute Gasteiger partial charge is 0.311 e. The maximum atomic E-state index is 13.3. The van der Waals surface area contributed by atoms with Crippen molar-refractivity contribution in [2.24, 2.45) is 10.8 Å². The molecular weight excluding hydrogens is 512 g/mol. The predicted octanol–water partition coefficient (Wildman–Crippen LogP) is 4.05. The molecule has 0 radical (unpaired) electrons. The molecule has 2 aliphatic heterocycles. The molecule has 0 spiro atoms. The zero-order valence-electron chi connectivity index (χ0n) is 23.9. The van der Waals surface area contributed by atoms with E-state index in [9.17, 15) is 29.9 Å². The first-order chi connectivity index (χ1) is 18.8. The molecule has 0 amide bonds. The van der Waals surface area contributed by atoms with Crippen LogP contribution in [0.4, 0.5) is 11.4 Å². The van der Waals surface area contributed by atoms with Gasteiger partial charge in [0.05, 0.1) is 15.8 Å². The molecule has 40 heavy (non-hydrogen) atoms. The Morgan fingerprint density at radius 3 is 2.15 bits per heavy atom. The van der Waals surface area contributed by atoms with Crippen molar-refractivity contribution in [3.63, 3.8) is 0 Å². The van der Waals surface area contributed by atoms with Gasteiger partial charge in [0.2, 0.25) is 0 Å². The van der Waals surface area contributed by atoms with Gasteiger partial charge >= 0.3 is 11.9 Å². The van der Waals surface area contributed by atoms with Gasteiger partial charge in [-0.3, -0.25) is 24.6 Å². The van der Waals surface area contributed by atoms with Crippen LogP contribution in [-0.2, 0) is 9.59 Å². The first-order valence-electron chi connectivity index (χ1n) is 13.8. The molecular formula is C30H40N4O6. The molecule has 216 valence electrons. The summed E-state index contributed by atoms with van der Waals surface area (Å²) < 4.78 is 0. The lowest BCUT2D eigenvalue weighted by atomic mass is 9.51. The molecule has 0 bridgehead atoms. The number of hydrogen-bond acceptors (Lipinski definition) is 7. The number of carbonyl (C=O) groups is 2. The van der Waals surface area contributed by atoms with Crippen molar-refractivity contribution in [2.45, 2.75) is 59.0 Å². The highest BCUT2D eigenvalue weighted by Crippen LogP contribution is 2.57. The van der Waals surface area contributed by atoms with Crippen LogP contribution in [0.25, 0.3) is 0 Å². The van der Waals surface area contributed by atoms with Crippen molar-refractivity contribution in [2.75, 3.05) is 37.6 Å². The lowest BCUT2D eigenvalue weighted by Crippen LogP contribution is -2.69. The average Bonchev–Trinajstić information content (AvgIpc) is 2.90. The summed E-state index contributed by atoms with van der Waals surface area (Å²) in [5.74, 6) is -3.24. The molecule has 3 N–H and O–H groups in total. The molecule has 2 aromatic rings. The first-order valence-corrected chi connectivity index (χ1v) is 13.8. The van der Waals surface area contributed by atoms with E-state index in [1.54, 1.807) is 26.8 Å². The Morgan fingerprint density at radius 1 is 1.00 bits per heavy atom. The maximum Gasteiger partial charge on any atom is 0.311 e. The van der Waals surface area contributed by atoms with Crippen LogP contribution in [0.3, 0.4) is 0 Å². The number of para-hydroxylation sites is 1. The second-order valence-corrected chi connectivity index (χ2v) is 11.6. The second kappa shape index (κ2) is 11.2. The summed E-state index contributed by atoms with van der Waals surface area (Å²) in [5.41, 5.74) is 0.822. The number of nitro benzene ring substituents is 1. The Balaban J connectivity index is 1.67. The number of carboxylic acid groups (broad SMARTS) is 2. The molecule has 10 nitrogen and oxygen atoms in total. The number of carboxylic acids is 2. The molecule has 0 aliphatic carbocycles. The second-order valence-electron chi connectivity index (χ2n) is 11.6. The molecule has 4 rings (SSSR count). The SMILES string of the molecule is Cc1cccc(C)c1N1CCN(CCC2(C(=O)O)C(C)NC(C)C(C)(C(=O)O)C2c2cccc([N+](=O)[O-])c2)CC1. The number of aryl methyl sites for hydroxylation is 2. The van der Waals surface area contributed by atoms with Crippen molar-refractivity contribution >= 4 is 23.3 Å². The van der Waals surface area contributed by atoms with Crippen LogP contribution >= 0.6 is 0 Å². The monoisotopic (exact) mass is 552 g/mol. The number of hydrogen-bond donors (Lipinski definition) is 3. The minimum atomic E-state index is -1.53. The zero-order chi connectivity index (χ0) is 29.4. The number of rotatable bonds is 8. The molecule has 2 aliphatic rings. The van der Waals surface area contributed by atoms with Gasteiger partial charge in [-0.1, -0.05) is 30.3 Å². The molecule has 2 saturated heterocycles. The summed E-state index contributed by atoms with van der Waals surface area (Å²) >= 11 is 0. The van der Waals surface area contributed by atoms with Crippen LogP contribution in [0.15, 0.2) is 42.5 Å². The lowest BCUT2D eigenvalue weighted by Gasteiger charge is -2.56. The van der Waals surface area contributed by atoms with Gasteiger partial charge in [-0.25, -0.2) is 0 Å². The number of anilines is 1. The Bertz CT molecular complexity index is 1270. The van der Waals surface area contributed by atoms with Gasteiger partial charge in [-0.05, 0) is 64.3 Å². The van der Waals surface area contributed by atoms with Crippen LogP contribution in [0.5, 0.6) is 0 Å². The molecule has 0 aromatic heterocycles. The van der Waals surface area contributed by atoms with Crippen molar-refractivity contribution in [3.05, 3.63) is 69.3 Å². The highest BCUT2D eigenvalue weighted by atomic mass is 16.6. The van der Waals surface area contributed by atoms with E-state index in [1.807, 2.05) is 0 Å². The van der Waals surface area contributed by atoms with Gasteiger partial charge in [0, 0.05) is 62.0 Å². The lowest BCUT2D eigenvalue weighted by molar-refractivity contribution is -0.385. The summed E-state index contributed by atoms with van der Waals surface area (Å²) in [6.45, 7) is 12.9. The van der Waals surface area contributed by atoms with Crippen LogP contribution in [0.2, 0.25) is 0 Å². The number of piperidine rings is 1. The summed E-state index contributed by atoms with van der Waals surface area (Å²) in [6.07, 6.45) is 0.197. The van der Waals surface area contributed by atoms with Gasteiger partial charge in [0.1, 0.15) is 0 Å². The molecule has 2 fully saturated rings. The maximum absolute atomic E-state index is 13.3. The van der Waals surface area contributed by atoms with Crippen molar-refractivity contribution in [3.8, 4) is 0 Å². The third-order valence-electron chi connectivity index (χ3n) is 9.53. The number of nitrogens with one attached hydrogen (secondary N) is 1. The Morgan fingerprint density at radius 2 is 1.60 bits per heavy atom. The van der Waals surface area contributed by atoms with E-state index in [-0.39, 0.29) is 12.1 Å². The minimum Gasteiger partial charge on any atom is -0.481 e. The summed E-state index contributed by atoms with van der Waals surface area (Å²) in [7, 11) is 0. The van der Waals surface area contributed by atoms with Gasteiger partial charge in [-0.2, -0.15) is 0 Å². The largest absolute Gasteiger partial charge is 0.481 e. The normalized spacial score (nSPS) is 29.2.